The maximum atomic E-state index is 11.9. The number of carbonyl (C=O) groups excluding carboxylic acids is 2. The van der Waals surface area contributed by atoms with E-state index in [0.717, 1.165) is 28.6 Å². The van der Waals surface area contributed by atoms with Crippen molar-refractivity contribution >= 4 is 22.8 Å². The van der Waals surface area contributed by atoms with Crippen LogP contribution in [0.2, 0.25) is 0 Å². The van der Waals surface area contributed by atoms with Gasteiger partial charge >= 0.3 is 5.97 Å². The molecule has 0 spiro atoms. The summed E-state index contributed by atoms with van der Waals surface area (Å²) in [6.07, 6.45) is 0.767. The first-order chi connectivity index (χ1) is 10.6. The number of rotatable bonds is 3. The summed E-state index contributed by atoms with van der Waals surface area (Å²) in [6.45, 7) is 5.33. The van der Waals surface area contributed by atoms with E-state index in [1.807, 2.05) is 34.6 Å². The number of fused-ring (bicyclic) bond motifs is 3. The van der Waals surface area contributed by atoms with Crippen LogP contribution < -0.4 is 0 Å². The zero-order valence-corrected chi connectivity index (χ0v) is 13.0. The van der Waals surface area contributed by atoms with Gasteiger partial charge in [0.05, 0.1) is 6.61 Å². The van der Waals surface area contributed by atoms with Gasteiger partial charge in [-0.25, -0.2) is 0 Å². The molecular formula is C17H20N2O3. The minimum absolute atomic E-state index is 0.0906. The summed E-state index contributed by atoms with van der Waals surface area (Å²) in [5.74, 6) is -0.132. The van der Waals surface area contributed by atoms with Gasteiger partial charge in [0.25, 0.3) is 0 Å². The average molecular weight is 300 g/mol. The molecule has 0 radical (unpaired) electrons. The molecule has 116 valence electrons. The van der Waals surface area contributed by atoms with Crippen molar-refractivity contribution in [1.82, 2.24) is 9.47 Å². The summed E-state index contributed by atoms with van der Waals surface area (Å²) in [5.41, 5.74) is 3.33. The second-order valence-corrected chi connectivity index (χ2v) is 5.52. The quantitative estimate of drug-likeness (QED) is 0.816. The summed E-state index contributed by atoms with van der Waals surface area (Å²) in [7, 11) is 0. The number of para-hydroxylation sites is 1. The van der Waals surface area contributed by atoms with Crippen LogP contribution in [0.15, 0.2) is 24.3 Å². The lowest BCUT2D eigenvalue weighted by molar-refractivity contribution is -0.143. The predicted molar refractivity (Wildman–Crippen MR) is 83.4 cm³/mol. The molecule has 0 saturated carbocycles. The first-order valence-corrected chi connectivity index (χ1v) is 7.62. The van der Waals surface area contributed by atoms with Crippen molar-refractivity contribution in [2.75, 3.05) is 13.2 Å². The summed E-state index contributed by atoms with van der Waals surface area (Å²) in [5, 5.41) is 1.12. The van der Waals surface area contributed by atoms with Gasteiger partial charge in [0.15, 0.2) is 0 Å². The monoisotopic (exact) mass is 300 g/mol. The number of hydrogen-bond donors (Lipinski definition) is 0. The van der Waals surface area contributed by atoms with Crippen molar-refractivity contribution in [3.8, 4) is 0 Å². The van der Waals surface area contributed by atoms with Gasteiger partial charge in [-0.05, 0) is 13.0 Å². The van der Waals surface area contributed by atoms with Gasteiger partial charge in [0.1, 0.15) is 6.54 Å². The van der Waals surface area contributed by atoms with Crippen molar-refractivity contribution < 1.29 is 14.3 Å². The van der Waals surface area contributed by atoms with Crippen LogP contribution in [-0.2, 0) is 33.8 Å². The Morgan fingerprint density at radius 1 is 1.27 bits per heavy atom. The molecule has 0 saturated heterocycles. The summed E-state index contributed by atoms with van der Waals surface area (Å²) < 4.78 is 7.13. The SMILES string of the molecule is CCOC(=O)Cn1c2c(c3ccccc31)CN(C(C)=O)CC2. The number of carbonyl (C=O) groups is 2. The van der Waals surface area contributed by atoms with Gasteiger partial charge in [-0.15, -0.1) is 0 Å². The van der Waals surface area contributed by atoms with Crippen molar-refractivity contribution in [3.63, 3.8) is 0 Å². The van der Waals surface area contributed by atoms with Crippen LogP contribution in [0.5, 0.6) is 0 Å². The van der Waals surface area contributed by atoms with E-state index in [4.69, 9.17) is 4.74 Å². The molecule has 1 aromatic carbocycles. The van der Waals surface area contributed by atoms with Crippen molar-refractivity contribution in [2.24, 2.45) is 0 Å². The second kappa shape index (κ2) is 5.83. The van der Waals surface area contributed by atoms with Crippen LogP contribution in [0.1, 0.15) is 25.1 Å². The third kappa shape index (κ3) is 2.47. The normalized spacial score (nSPS) is 14.0. The Morgan fingerprint density at radius 3 is 2.77 bits per heavy atom. The van der Waals surface area contributed by atoms with Crippen LogP contribution in [-0.4, -0.2) is 34.5 Å². The Bertz CT molecular complexity index is 733. The Labute approximate surface area is 129 Å². The van der Waals surface area contributed by atoms with Gasteiger partial charge < -0.3 is 14.2 Å². The van der Waals surface area contributed by atoms with E-state index in [1.54, 1.807) is 6.92 Å². The number of esters is 1. The molecule has 2 aromatic rings. The van der Waals surface area contributed by atoms with E-state index in [0.29, 0.717) is 19.7 Å². The highest BCUT2D eigenvalue weighted by Gasteiger charge is 2.25. The standard InChI is InChI=1S/C17H20N2O3/c1-3-22-17(21)11-19-15-7-5-4-6-13(15)14-10-18(12(2)20)9-8-16(14)19/h4-7H,3,8-11H2,1-2H3. The molecule has 22 heavy (non-hydrogen) atoms. The Morgan fingerprint density at radius 2 is 2.05 bits per heavy atom. The first kappa shape index (κ1) is 14.6. The van der Waals surface area contributed by atoms with E-state index in [-0.39, 0.29) is 18.4 Å². The molecule has 2 heterocycles. The highest BCUT2D eigenvalue weighted by Crippen LogP contribution is 2.31. The van der Waals surface area contributed by atoms with E-state index in [1.165, 1.54) is 0 Å². The molecule has 1 aliphatic rings. The molecule has 0 aliphatic carbocycles. The van der Waals surface area contributed by atoms with Gasteiger partial charge in [0.2, 0.25) is 5.91 Å². The lowest BCUT2D eigenvalue weighted by atomic mass is 10.0. The van der Waals surface area contributed by atoms with Crippen molar-refractivity contribution in [2.45, 2.75) is 33.4 Å². The molecule has 1 aromatic heterocycles. The largest absolute Gasteiger partial charge is 0.465 e. The maximum Gasteiger partial charge on any atom is 0.325 e. The fourth-order valence-electron chi connectivity index (χ4n) is 3.19. The Kier molecular flexibility index (Phi) is 3.88. The van der Waals surface area contributed by atoms with E-state index < -0.39 is 0 Å². The Balaban J connectivity index is 2.06. The molecule has 0 fully saturated rings. The number of benzene rings is 1. The predicted octanol–water partition coefficient (Wildman–Crippen LogP) is 2.11. The first-order valence-electron chi connectivity index (χ1n) is 7.62. The number of nitrogens with zero attached hydrogens (tertiary/aromatic N) is 2. The molecule has 0 unspecified atom stereocenters. The molecule has 0 bridgehead atoms. The third-order valence-corrected chi connectivity index (χ3v) is 4.20. The number of amides is 1. The number of aromatic nitrogens is 1. The summed E-state index contributed by atoms with van der Waals surface area (Å²) in [6, 6.07) is 8.03. The fourth-order valence-corrected chi connectivity index (χ4v) is 3.19. The highest BCUT2D eigenvalue weighted by molar-refractivity contribution is 5.88. The van der Waals surface area contributed by atoms with Gasteiger partial charge in [-0.1, -0.05) is 18.2 Å². The zero-order valence-electron chi connectivity index (χ0n) is 13.0. The van der Waals surface area contributed by atoms with Gasteiger partial charge in [-0.2, -0.15) is 0 Å². The van der Waals surface area contributed by atoms with Gasteiger partial charge in [0, 0.05) is 48.6 Å². The minimum atomic E-state index is -0.222. The second-order valence-electron chi connectivity index (χ2n) is 5.52. The average Bonchev–Trinajstić information content (AvgIpc) is 2.81. The molecule has 1 amide bonds. The van der Waals surface area contributed by atoms with Crippen molar-refractivity contribution in [1.29, 1.82) is 0 Å². The fraction of sp³-hybridized carbons (Fsp3) is 0.412. The third-order valence-electron chi connectivity index (χ3n) is 4.20. The Hall–Kier alpha value is -2.30. The lowest BCUT2D eigenvalue weighted by Gasteiger charge is -2.27. The number of ether oxygens (including phenoxy) is 1. The van der Waals surface area contributed by atoms with E-state index >= 15 is 0 Å². The molecule has 5 nitrogen and oxygen atoms in total. The zero-order chi connectivity index (χ0) is 15.7. The van der Waals surface area contributed by atoms with Crippen LogP contribution in [0, 0.1) is 0 Å². The van der Waals surface area contributed by atoms with Gasteiger partial charge in [-0.3, -0.25) is 9.59 Å². The van der Waals surface area contributed by atoms with E-state index in [2.05, 4.69) is 6.07 Å². The van der Waals surface area contributed by atoms with Crippen LogP contribution in [0.3, 0.4) is 0 Å². The minimum Gasteiger partial charge on any atom is -0.465 e. The topological polar surface area (TPSA) is 51.5 Å². The molecular weight excluding hydrogens is 280 g/mol. The van der Waals surface area contributed by atoms with Crippen LogP contribution >= 0.6 is 0 Å². The molecule has 3 rings (SSSR count). The lowest BCUT2D eigenvalue weighted by Crippen LogP contribution is -2.34. The number of hydrogen-bond acceptors (Lipinski definition) is 3. The smallest absolute Gasteiger partial charge is 0.325 e. The van der Waals surface area contributed by atoms with Crippen LogP contribution in [0.25, 0.3) is 10.9 Å². The van der Waals surface area contributed by atoms with E-state index in [9.17, 15) is 9.59 Å². The summed E-state index contributed by atoms with van der Waals surface area (Å²) in [4.78, 5) is 25.4. The maximum absolute atomic E-state index is 11.9. The van der Waals surface area contributed by atoms with Crippen molar-refractivity contribution in [3.05, 3.63) is 35.5 Å². The molecule has 0 N–H and O–H groups in total. The highest BCUT2D eigenvalue weighted by atomic mass is 16.5. The summed E-state index contributed by atoms with van der Waals surface area (Å²) >= 11 is 0. The molecule has 1 aliphatic heterocycles. The molecule has 0 atom stereocenters. The molecule has 5 heteroatoms. The van der Waals surface area contributed by atoms with Crippen LogP contribution in [0.4, 0.5) is 0 Å².